The molecule has 6 heteroatoms. The van der Waals surface area contributed by atoms with Gasteiger partial charge in [-0.3, -0.25) is 0 Å². The summed E-state index contributed by atoms with van der Waals surface area (Å²) < 4.78 is 4.03. The van der Waals surface area contributed by atoms with Gasteiger partial charge in [0.15, 0.2) is 5.15 Å². The highest BCUT2D eigenvalue weighted by Crippen LogP contribution is 2.44. The maximum atomic E-state index is 9.16. The summed E-state index contributed by atoms with van der Waals surface area (Å²) in [5, 5.41) is 17.1. The largest absolute Gasteiger partial charge is 0.377 e. The van der Waals surface area contributed by atoms with Gasteiger partial charge in [0.1, 0.15) is 16.6 Å². The maximum Gasteiger partial charge on any atom is 0.162 e. The van der Waals surface area contributed by atoms with Crippen LogP contribution in [-0.4, -0.2) is 9.91 Å². The number of fused-ring (bicyclic) bond motifs is 1. The molecule has 2 aromatic rings. The van der Waals surface area contributed by atoms with Crippen molar-refractivity contribution in [2.75, 3.05) is 10.6 Å². The van der Waals surface area contributed by atoms with Crippen LogP contribution < -0.4 is 10.6 Å². The number of hydrogen-bond acceptors (Lipinski definition) is 5. The van der Waals surface area contributed by atoms with E-state index in [4.69, 9.17) is 16.9 Å². The predicted octanol–water partition coefficient (Wildman–Crippen LogP) is 4.03. The first-order valence-electron chi connectivity index (χ1n) is 6.22. The van der Waals surface area contributed by atoms with Crippen LogP contribution in [0.4, 0.5) is 10.7 Å². The van der Waals surface area contributed by atoms with Crippen LogP contribution in [0.5, 0.6) is 0 Å². The third-order valence-corrected chi connectivity index (χ3v) is 4.64. The lowest BCUT2D eigenvalue weighted by Gasteiger charge is -2.29. The molecule has 2 N–H and O–H groups in total. The Morgan fingerprint density at radius 2 is 2.20 bits per heavy atom. The van der Waals surface area contributed by atoms with Crippen molar-refractivity contribution in [3.05, 3.63) is 40.5 Å². The minimum Gasteiger partial charge on any atom is -0.377 e. The van der Waals surface area contributed by atoms with Gasteiger partial charge in [0.2, 0.25) is 0 Å². The number of para-hydroxylation sites is 1. The monoisotopic (exact) mass is 304 g/mol. The van der Waals surface area contributed by atoms with Crippen molar-refractivity contribution in [2.45, 2.75) is 25.4 Å². The van der Waals surface area contributed by atoms with E-state index in [1.165, 1.54) is 17.1 Å². The molecule has 1 aliphatic heterocycles. The quantitative estimate of drug-likeness (QED) is 0.879. The third kappa shape index (κ3) is 2.01. The Bertz CT molecular complexity index is 701. The zero-order chi connectivity index (χ0) is 14.3. The van der Waals surface area contributed by atoms with Gasteiger partial charge >= 0.3 is 0 Å². The molecule has 4 nitrogen and oxygen atoms in total. The number of halogens is 1. The molecule has 0 amide bonds. The normalized spacial score (nSPS) is 19.0. The van der Waals surface area contributed by atoms with Crippen LogP contribution in [-0.2, 0) is 0 Å². The average Bonchev–Trinajstić information content (AvgIpc) is 2.88. The summed E-state index contributed by atoms with van der Waals surface area (Å²) in [6, 6.07) is 10.3. The molecule has 1 atom stereocenters. The van der Waals surface area contributed by atoms with E-state index in [1.807, 2.05) is 12.1 Å². The summed E-state index contributed by atoms with van der Waals surface area (Å²) in [4.78, 5) is 0. The average molecular weight is 305 g/mol. The minimum absolute atomic E-state index is 0.0577. The third-order valence-electron chi connectivity index (χ3n) is 3.49. The lowest BCUT2D eigenvalue weighted by molar-refractivity contribution is 0.513. The maximum absolute atomic E-state index is 9.16. The first kappa shape index (κ1) is 13.2. The van der Waals surface area contributed by atoms with Crippen LogP contribution in [0.3, 0.4) is 0 Å². The number of nitrogens with one attached hydrogen (secondary N) is 2. The highest BCUT2D eigenvalue weighted by Gasteiger charge is 2.39. The van der Waals surface area contributed by atoms with E-state index in [1.54, 1.807) is 0 Å². The Hall–Kier alpha value is -1.77. The molecule has 0 spiro atoms. The van der Waals surface area contributed by atoms with Crippen LogP contribution >= 0.6 is 23.1 Å². The molecule has 0 radical (unpaired) electrons. The van der Waals surface area contributed by atoms with Gasteiger partial charge in [-0.15, -0.1) is 0 Å². The van der Waals surface area contributed by atoms with Crippen LogP contribution in [0.15, 0.2) is 24.3 Å². The van der Waals surface area contributed by atoms with E-state index in [2.05, 4.69) is 47.1 Å². The topological polar surface area (TPSA) is 60.7 Å². The number of rotatable bonds is 2. The number of nitrogens with zero attached hydrogens (tertiary/aromatic N) is 2. The van der Waals surface area contributed by atoms with Crippen molar-refractivity contribution in [1.82, 2.24) is 4.37 Å². The molecule has 1 aromatic carbocycles. The summed E-state index contributed by atoms with van der Waals surface area (Å²) in [6.45, 7) is 4.25. The number of benzene rings is 1. The van der Waals surface area contributed by atoms with Crippen LogP contribution in [0.2, 0.25) is 5.15 Å². The highest BCUT2D eigenvalue weighted by atomic mass is 35.5. The Morgan fingerprint density at radius 1 is 1.45 bits per heavy atom. The number of nitriles is 1. The second-order valence-electron chi connectivity index (χ2n) is 5.30. The molecule has 0 saturated heterocycles. The molecule has 0 saturated carbocycles. The van der Waals surface area contributed by atoms with Crippen molar-refractivity contribution in [3.63, 3.8) is 0 Å². The van der Waals surface area contributed by atoms with Crippen molar-refractivity contribution < 1.29 is 0 Å². The molecule has 3 rings (SSSR count). The fraction of sp³-hybridized carbons (Fsp3) is 0.286. The van der Waals surface area contributed by atoms with E-state index in [-0.39, 0.29) is 16.7 Å². The summed E-state index contributed by atoms with van der Waals surface area (Å²) in [7, 11) is 0. The van der Waals surface area contributed by atoms with Gasteiger partial charge in [0.25, 0.3) is 0 Å². The highest BCUT2D eigenvalue weighted by molar-refractivity contribution is 7.10. The molecule has 0 fully saturated rings. The zero-order valence-corrected chi connectivity index (χ0v) is 12.6. The summed E-state index contributed by atoms with van der Waals surface area (Å²) in [5.74, 6) is 0. The SMILES string of the molecule is CC1(C)Nc2ccccc2C1Nc1snc(Cl)c1C#N. The number of anilines is 2. The molecular formula is C14H13ClN4S. The molecule has 20 heavy (non-hydrogen) atoms. The van der Waals surface area contributed by atoms with Gasteiger partial charge < -0.3 is 10.6 Å². The zero-order valence-electron chi connectivity index (χ0n) is 11.1. The molecule has 1 aromatic heterocycles. The summed E-state index contributed by atoms with van der Waals surface area (Å²) in [5.41, 5.74) is 2.55. The second-order valence-corrected chi connectivity index (χ2v) is 6.43. The lowest BCUT2D eigenvalue weighted by Crippen LogP contribution is -2.36. The van der Waals surface area contributed by atoms with Crippen molar-refractivity contribution >= 4 is 33.8 Å². The van der Waals surface area contributed by atoms with Crippen LogP contribution in [0.1, 0.15) is 31.0 Å². The predicted molar refractivity (Wildman–Crippen MR) is 82.3 cm³/mol. The van der Waals surface area contributed by atoms with Gasteiger partial charge in [-0.05, 0) is 37.0 Å². The summed E-state index contributed by atoms with van der Waals surface area (Å²) >= 11 is 7.14. The molecule has 0 aliphatic carbocycles. The minimum atomic E-state index is -0.160. The Kier molecular flexibility index (Phi) is 3.08. The van der Waals surface area contributed by atoms with Crippen LogP contribution in [0.25, 0.3) is 0 Å². The molecule has 2 heterocycles. The fourth-order valence-electron chi connectivity index (χ4n) is 2.53. The Labute approximate surface area is 126 Å². The van der Waals surface area contributed by atoms with Crippen molar-refractivity contribution in [3.8, 4) is 6.07 Å². The Balaban J connectivity index is 2.00. The first-order chi connectivity index (χ1) is 9.53. The molecule has 1 unspecified atom stereocenters. The molecule has 102 valence electrons. The fourth-order valence-corrected chi connectivity index (χ4v) is 3.49. The van der Waals surface area contributed by atoms with E-state index in [9.17, 15) is 0 Å². The van der Waals surface area contributed by atoms with E-state index < -0.39 is 0 Å². The van der Waals surface area contributed by atoms with Gasteiger partial charge in [-0.2, -0.15) is 9.64 Å². The van der Waals surface area contributed by atoms with Gasteiger partial charge in [0.05, 0.1) is 11.6 Å². The number of aromatic nitrogens is 1. The molecular weight excluding hydrogens is 292 g/mol. The first-order valence-corrected chi connectivity index (χ1v) is 7.37. The lowest BCUT2D eigenvalue weighted by atomic mass is 9.93. The van der Waals surface area contributed by atoms with E-state index in [0.717, 1.165) is 5.69 Å². The smallest absolute Gasteiger partial charge is 0.162 e. The van der Waals surface area contributed by atoms with Gasteiger partial charge in [-0.25, -0.2) is 0 Å². The van der Waals surface area contributed by atoms with Gasteiger partial charge in [0, 0.05) is 5.69 Å². The van der Waals surface area contributed by atoms with Crippen molar-refractivity contribution in [2.24, 2.45) is 0 Å². The standard InChI is InChI=1S/C14H13ClN4S/c1-14(2)11(8-5-3-4-6-10(8)18-14)17-13-9(7-16)12(15)19-20-13/h3-6,11,17-18H,1-2H3. The van der Waals surface area contributed by atoms with Gasteiger partial charge in [-0.1, -0.05) is 29.8 Å². The van der Waals surface area contributed by atoms with E-state index in [0.29, 0.717) is 10.6 Å². The van der Waals surface area contributed by atoms with E-state index >= 15 is 0 Å². The number of hydrogen-bond donors (Lipinski definition) is 2. The summed E-state index contributed by atoms with van der Waals surface area (Å²) in [6.07, 6.45) is 0. The van der Waals surface area contributed by atoms with Crippen molar-refractivity contribution in [1.29, 1.82) is 5.26 Å². The Morgan fingerprint density at radius 3 is 2.95 bits per heavy atom. The molecule has 0 bridgehead atoms. The molecule has 1 aliphatic rings. The second kappa shape index (κ2) is 4.65. The van der Waals surface area contributed by atoms with Crippen LogP contribution in [0, 0.1) is 11.3 Å².